The van der Waals surface area contributed by atoms with Crippen LogP contribution in [0.3, 0.4) is 0 Å². The fraction of sp³-hybridized carbons (Fsp3) is 0.600. The van der Waals surface area contributed by atoms with Gasteiger partial charge in [0.25, 0.3) is 0 Å². The summed E-state index contributed by atoms with van der Waals surface area (Å²) >= 11 is 0. The van der Waals surface area contributed by atoms with Crippen molar-refractivity contribution in [1.29, 1.82) is 0 Å². The van der Waals surface area contributed by atoms with Gasteiger partial charge in [-0.2, -0.15) is 0 Å². The molecule has 0 bridgehead atoms. The summed E-state index contributed by atoms with van der Waals surface area (Å²) in [6, 6.07) is 3.54. The van der Waals surface area contributed by atoms with Gasteiger partial charge in [-0.1, -0.05) is 20.8 Å². The quantitative estimate of drug-likeness (QED) is 0.717. The van der Waals surface area contributed by atoms with Crippen molar-refractivity contribution in [3.8, 4) is 5.75 Å². The molecular formula is C15H22O3. The maximum atomic E-state index is 10.9. The lowest BCUT2D eigenvalue weighted by atomic mass is 9.67. The van der Waals surface area contributed by atoms with Crippen LogP contribution in [-0.2, 0) is 5.60 Å². The monoisotopic (exact) mass is 250 g/mol. The second kappa shape index (κ2) is 4.25. The van der Waals surface area contributed by atoms with Crippen molar-refractivity contribution in [2.75, 3.05) is 0 Å². The number of fused-ring (bicyclic) bond motifs is 1. The molecule has 3 N–H and O–H groups in total. The molecule has 1 aliphatic carbocycles. The molecule has 0 aromatic heterocycles. The summed E-state index contributed by atoms with van der Waals surface area (Å²) in [5.74, 6) is 0.311. The summed E-state index contributed by atoms with van der Waals surface area (Å²) in [6.07, 6.45) is -0.242. The molecule has 3 nitrogen and oxygen atoms in total. The largest absolute Gasteiger partial charge is 0.508 e. The van der Waals surface area contributed by atoms with E-state index in [4.69, 9.17) is 0 Å². The molecule has 0 saturated heterocycles. The number of aliphatic hydroxyl groups is 2. The second-order valence-electron chi connectivity index (χ2n) is 5.86. The molecule has 100 valence electrons. The minimum Gasteiger partial charge on any atom is -0.508 e. The van der Waals surface area contributed by atoms with Crippen molar-refractivity contribution in [1.82, 2.24) is 0 Å². The highest BCUT2D eigenvalue weighted by Crippen LogP contribution is 2.46. The van der Waals surface area contributed by atoms with Crippen LogP contribution in [-0.4, -0.2) is 21.4 Å². The first-order chi connectivity index (χ1) is 8.28. The molecule has 2 rings (SSSR count). The third-order valence-corrected chi connectivity index (χ3v) is 4.30. The standard InChI is InChI=1S/C15H22O3/c1-8(2)15(18)12-5-10(4)13(16)7-11(12)9(3)6-14(15)17/h5,7-9,14,16-18H,6H2,1-4H3. The van der Waals surface area contributed by atoms with E-state index in [1.54, 1.807) is 6.07 Å². The molecule has 1 aliphatic rings. The molecule has 3 heteroatoms. The Hall–Kier alpha value is -1.06. The Balaban J connectivity index is 2.69. The Bertz CT molecular complexity index is 467. The summed E-state index contributed by atoms with van der Waals surface area (Å²) in [5.41, 5.74) is 1.22. The van der Waals surface area contributed by atoms with Gasteiger partial charge in [-0.05, 0) is 54.0 Å². The van der Waals surface area contributed by atoms with Gasteiger partial charge in [-0.15, -0.1) is 0 Å². The van der Waals surface area contributed by atoms with Crippen LogP contribution in [0.25, 0.3) is 0 Å². The van der Waals surface area contributed by atoms with Crippen LogP contribution in [0.1, 0.15) is 49.8 Å². The fourth-order valence-corrected chi connectivity index (χ4v) is 2.98. The zero-order valence-corrected chi connectivity index (χ0v) is 11.4. The summed E-state index contributed by atoms with van der Waals surface area (Å²) in [4.78, 5) is 0. The van der Waals surface area contributed by atoms with Gasteiger partial charge in [0, 0.05) is 0 Å². The number of rotatable bonds is 1. The summed E-state index contributed by atoms with van der Waals surface area (Å²) in [7, 11) is 0. The van der Waals surface area contributed by atoms with Crippen LogP contribution in [0.15, 0.2) is 12.1 Å². The highest BCUT2D eigenvalue weighted by atomic mass is 16.3. The molecule has 18 heavy (non-hydrogen) atoms. The first-order valence-electron chi connectivity index (χ1n) is 6.52. The smallest absolute Gasteiger partial charge is 0.118 e. The number of hydrogen-bond acceptors (Lipinski definition) is 3. The van der Waals surface area contributed by atoms with Crippen molar-refractivity contribution in [2.45, 2.75) is 51.7 Å². The van der Waals surface area contributed by atoms with E-state index in [0.717, 1.165) is 16.7 Å². The Morgan fingerprint density at radius 2 is 1.94 bits per heavy atom. The summed E-state index contributed by atoms with van der Waals surface area (Å²) in [6.45, 7) is 7.63. The highest BCUT2D eigenvalue weighted by Gasteiger charge is 2.46. The van der Waals surface area contributed by atoms with E-state index in [9.17, 15) is 15.3 Å². The van der Waals surface area contributed by atoms with Gasteiger partial charge in [-0.3, -0.25) is 0 Å². The molecular weight excluding hydrogens is 228 g/mol. The van der Waals surface area contributed by atoms with Gasteiger partial charge < -0.3 is 15.3 Å². The summed E-state index contributed by atoms with van der Waals surface area (Å²) in [5, 5.41) is 31.0. The van der Waals surface area contributed by atoms with E-state index in [1.165, 1.54) is 0 Å². The van der Waals surface area contributed by atoms with Crippen molar-refractivity contribution in [2.24, 2.45) is 5.92 Å². The van der Waals surface area contributed by atoms with Crippen molar-refractivity contribution in [3.63, 3.8) is 0 Å². The molecule has 0 heterocycles. The second-order valence-corrected chi connectivity index (χ2v) is 5.86. The van der Waals surface area contributed by atoms with Crippen molar-refractivity contribution in [3.05, 3.63) is 28.8 Å². The average Bonchev–Trinajstić information content (AvgIpc) is 2.28. The number of aryl methyl sites for hydroxylation is 1. The zero-order chi connectivity index (χ0) is 13.7. The highest BCUT2D eigenvalue weighted by molar-refractivity contribution is 5.47. The Labute approximate surface area is 108 Å². The van der Waals surface area contributed by atoms with E-state index < -0.39 is 11.7 Å². The number of hydrogen-bond donors (Lipinski definition) is 3. The lowest BCUT2D eigenvalue weighted by Crippen LogP contribution is -2.48. The normalized spacial score (nSPS) is 31.5. The third-order valence-electron chi connectivity index (χ3n) is 4.30. The molecule has 0 spiro atoms. The molecule has 0 fully saturated rings. The molecule has 0 saturated carbocycles. The molecule has 3 atom stereocenters. The number of benzene rings is 1. The van der Waals surface area contributed by atoms with Crippen LogP contribution in [0, 0.1) is 12.8 Å². The zero-order valence-electron chi connectivity index (χ0n) is 11.4. The lowest BCUT2D eigenvalue weighted by Gasteiger charge is -2.44. The maximum absolute atomic E-state index is 10.9. The van der Waals surface area contributed by atoms with E-state index in [2.05, 4.69) is 0 Å². The number of aliphatic hydroxyl groups excluding tert-OH is 1. The van der Waals surface area contributed by atoms with Gasteiger partial charge in [0.05, 0.1) is 6.10 Å². The van der Waals surface area contributed by atoms with Crippen LogP contribution >= 0.6 is 0 Å². The van der Waals surface area contributed by atoms with Crippen LogP contribution < -0.4 is 0 Å². The minimum atomic E-state index is -1.22. The molecule has 0 amide bonds. The van der Waals surface area contributed by atoms with E-state index in [0.29, 0.717) is 6.42 Å². The maximum Gasteiger partial charge on any atom is 0.118 e. The van der Waals surface area contributed by atoms with Crippen molar-refractivity contribution >= 4 is 0 Å². The van der Waals surface area contributed by atoms with E-state index in [1.807, 2.05) is 33.8 Å². The van der Waals surface area contributed by atoms with Crippen molar-refractivity contribution < 1.29 is 15.3 Å². The molecule has 3 unspecified atom stereocenters. The SMILES string of the molecule is Cc1cc2c(cc1O)C(C)CC(O)C2(O)C(C)C. The van der Waals surface area contributed by atoms with E-state index in [-0.39, 0.29) is 17.6 Å². The van der Waals surface area contributed by atoms with Crippen LogP contribution in [0.2, 0.25) is 0 Å². The van der Waals surface area contributed by atoms with E-state index >= 15 is 0 Å². The predicted octanol–water partition coefficient (Wildman–Crippen LogP) is 2.41. The minimum absolute atomic E-state index is 0.0808. The summed E-state index contributed by atoms with van der Waals surface area (Å²) < 4.78 is 0. The van der Waals surface area contributed by atoms with Crippen LogP contribution in [0.4, 0.5) is 0 Å². The molecule has 0 radical (unpaired) electrons. The lowest BCUT2D eigenvalue weighted by molar-refractivity contribution is -0.124. The average molecular weight is 250 g/mol. The van der Waals surface area contributed by atoms with Gasteiger partial charge in [0.1, 0.15) is 11.4 Å². The molecule has 1 aromatic rings. The number of phenols is 1. The van der Waals surface area contributed by atoms with Gasteiger partial charge in [0.2, 0.25) is 0 Å². The Kier molecular flexibility index (Phi) is 3.16. The number of aromatic hydroxyl groups is 1. The topological polar surface area (TPSA) is 60.7 Å². The van der Waals surface area contributed by atoms with Gasteiger partial charge in [0.15, 0.2) is 0 Å². The first-order valence-corrected chi connectivity index (χ1v) is 6.52. The molecule has 1 aromatic carbocycles. The Morgan fingerprint density at radius 3 is 2.50 bits per heavy atom. The third kappa shape index (κ3) is 1.73. The first kappa shape index (κ1) is 13.4. The van der Waals surface area contributed by atoms with Crippen LogP contribution in [0.5, 0.6) is 5.75 Å². The number of phenolic OH excluding ortho intramolecular Hbond substituents is 1. The fourth-order valence-electron chi connectivity index (χ4n) is 2.98. The Morgan fingerprint density at radius 1 is 1.33 bits per heavy atom. The van der Waals surface area contributed by atoms with Gasteiger partial charge in [-0.25, -0.2) is 0 Å². The predicted molar refractivity (Wildman–Crippen MR) is 70.6 cm³/mol. The molecule has 0 aliphatic heterocycles. The van der Waals surface area contributed by atoms with Gasteiger partial charge >= 0.3 is 0 Å².